The van der Waals surface area contributed by atoms with E-state index in [0.29, 0.717) is 22.6 Å². The van der Waals surface area contributed by atoms with E-state index >= 15 is 0 Å². The fourth-order valence-electron chi connectivity index (χ4n) is 3.31. The molecule has 1 N–H and O–H groups in total. The second-order valence-electron chi connectivity index (χ2n) is 7.53. The van der Waals surface area contributed by atoms with Gasteiger partial charge in [-0.3, -0.25) is 9.20 Å². The number of pyridine rings is 1. The van der Waals surface area contributed by atoms with Crippen LogP contribution in [0.4, 0.5) is 14.5 Å². The van der Waals surface area contributed by atoms with Crippen LogP contribution in [0.3, 0.4) is 0 Å². The van der Waals surface area contributed by atoms with Crippen molar-refractivity contribution in [1.82, 2.24) is 19.5 Å². The van der Waals surface area contributed by atoms with Gasteiger partial charge in [0.25, 0.3) is 11.8 Å². The average molecular weight is 409 g/mol. The van der Waals surface area contributed by atoms with Crippen molar-refractivity contribution >= 4 is 17.2 Å². The molecule has 5 rings (SSSR count). The molecule has 1 aromatic carbocycles. The molecule has 30 heavy (non-hydrogen) atoms. The maximum Gasteiger partial charge on any atom is 0.274 e. The first-order valence-electron chi connectivity index (χ1n) is 9.39. The van der Waals surface area contributed by atoms with E-state index in [1.54, 1.807) is 28.8 Å². The van der Waals surface area contributed by atoms with Crippen molar-refractivity contribution in [3.05, 3.63) is 65.4 Å². The minimum atomic E-state index is -2.78. The van der Waals surface area contributed by atoms with E-state index in [2.05, 4.69) is 20.4 Å². The van der Waals surface area contributed by atoms with Gasteiger partial charge in [-0.1, -0.05) is 17.3 Å². The predicted molar refractivity (Wildman–Crippen MR) is 105 cm³/mol. The molecule has 152 valence electrons. The van der Waals surface area contributed by atoms with Gasteiger partial charge in [-0.15, -0.1) is 0 Å². The summed E-state index contributed by atoms with van der Waals surface area (Å²) in [5.41, 5.74) is 4.07. The van der Waals surface area contributed by atoms with E-state index in [1.807, 2.05) is 26.0 Å². The smallest absolute Gasteiger partial charge is 0.274 e. The number of aryl methyl sites for hydroxylation is 2. The van der Waals surface area contributed by atoms with Gasteiger partial charge < -0.3 is 9.84 Å². The van der Waals surface area contributed by atoms with Crippen LogP contribution in [-0.2, 0) is 0 Å². The molecule has 1 aliphatic rings. The number of carbonyl (C=O) groups excluding carboxylic acids is 1. The largest absolute Gasteiger partial charge is 0.338 e. The molecule has 0 spiro atoms. The van der Waals surface area contributed by atoms with E-state index in [9.17, 15) is 13.6 Å². The van der Waals surface area contributed by atoms with Crippen LogP contribution in [-0.4, -0.2) is 31.4 Å². The molecule has 1 fully saturated rings. The number of imidazole rings is 1. The Balaban J connectivity index is 1.42. The van der Waals surface area contributed by atoms with Gasteiger partial charge in [0.05, 0.1) is 6.20 Å². The van der Waals surface area contributed by atoms with Crippen LogP contribution in [0.1, 0.15) is 39.8 Å². The Hall–Kier alpha value is -3.62. The number of alkyl halides is 2. The van der Waals surface area contributed by atoms with Gasteiger partial charge >= 0.3 is 0 Å². The molecule has 4 aromatic rings. The molecule has 1 amide bonds. The minimum Gasteiger partial charge on any atom is -0.338 e. The number of hydrogen-bond donors (Lipinski definition) is 1. The summed E-state index contributed by atoms with van der Waals surface area (Å²) >= 11 is 0. The number of nitrogens with one attached hydrogen (secondary N) is 1. The summed E-state index contributed by atoms with van der Waals surface area (Å²) in [6.45, 7) is 3.81. The third kappa shape index (κ3) is 3.12. The van der Waals surface area contributed by atoms with Gasteiger partial charge in [-0.05, 0) is 43.2 Å². The average Bonchev–Trinajstić information content (AvgIpc) is 3.07. The summed E-state index contributed by atoms with van der Waals surface area (Å²) in [4.78, 5) is 21.2. The van der Waals surface area contributed by atoms with Gasteiger partial charge in [0.2, 0.25) is 11.7 Å². The zero-order valence-electron chi connectivity index (χ0n) is 16.2. The highest BCUT2D eigenvalue weighted by Gasteiger charge is 2.61. The van der Waals surface area contributed by atoms with Crippen LogP contribution >= 0.6 is 0 Å². The van der Waals surface area contributed by atoms with E-state index < -0.39 is 11.8 Å². The summed E-state index contributed by atoms with van der Waals surface area (Å²) in [6, 6.07) is 9.03. The number of halogens is 2. The Morgan fingerprint density at radius 2 is 2.07 bits per heavy atom. The Kier molecular flexibility index (Phi) is 3.96. The van der Waals surface area contributed by atoms with E-state index in [0.717, 1.165) is 11.1 Å². The summed E-state index contributed by atoms with van der Waals surface area (Å²) < 4.78 is 33.2. The molecular weight excluding hydrogens is 392 g/mol. The first kappa shape index (κ1) is 18.4. The molecule has 1 atom stereocenters. The molecule has 3 heterocycles. The zero-order chi connectivity index (χ0) is 21.0. The summed E-state index contributed by atoms with van der Waals surface area (Å²) in [5.74, 6) is -3.97. The number of carbonyl (C=O) groups is 1. The summed E-state index contributed by atoms with van der Waals surface area (Å²) in [7, 11) is 0. The third-order valence-corrected chi connectivity index (χ3v) is 5.21. The Morgan fingerprint density at radius 1 is 1.27 bits per heavy atom. The quantitative estimate of drug-likeness (QED) is 0.541. The minimum absolute atomic E-state index is 0.0674. The van der Waals surface area contributed by atoms with Crippen molar-refractivity contribution in [2.45, 2.75) is 32.1 Å². The molecule has 1 saturated carbocycles. The normalized spacial score (nSPS) is 17.3. The second-order valence-corrected chi connectivity index (χ2v) is 7.53. The Morgan fingerprint density at radius 3 is 2.83 bits per heavy atom. The van der Waals surface area contributed by atoms with Crippen LogP contribution in [0.5, 0.6) is 0 Å². The topological polar surface area (TPSA) is 85.3 Å². The van der Waals surface area contributed by atoms with E-state index in [1.165, 1.54) is 6.20 Å². The molecular formula is C21H17F2N5O2. The standard InChI is InChI=1S/C21H17F2N5O2/c1-11-5-6-28-16(10-24-17(28)7-11)19(29)25-15-8-13(4-3-12(15)2)18-26-20(30-27-18)14-9-21(14,22)23/h3-8,10,14H,9H2,1-2H3,(H,25,29). The van der Waals surface area contributed by atoms with Crippen molar-refractivity contribution in [2.75, 3.05) is 5.32 Å². The first-order chi connectivity index (χ1) is 14.3. The second kappa shape index (κ2) is 6.45. The predicted octanol–water partition coefficient (Wildman–Crippen LogP) is 4.38. The number of benzene rings is 1. The van der Waals surface area contributed by atoms with Gasteiger partial charge in [0.15, 0.2) is 0 Å². The van der Waals surface area contributed by atoms with Crippen LogP contribution in [0, 0.1) is 13.8 Å². The number of nitrogens with zero attached hydrogens (tertiary/aromatic N) is 4. The van der Waals surface area contributed by atoms with Crippen LogP contribution in [0.2, 0.25) is 0 Å². The lowest BCUT2D eigenvalue weighted by Gasteiger charge is -2.09. The number of fused-ring (bicyclic) bond motifs is 1. The summed E-state index contributed by atoms with van der Waals surface area (Å²) in [6.07, 6.45) is 3.04. The fraction of sp³-hybridized carbons (Fsp3) is 0.238. The monoisotopic (exact) mass is 409 g/mol. The first-order valence-corrected chi connectivity index (χ1v) is 9.39. The van der Waals surface area contributed by atoms with Crippen molar-refractivity contribution in [3.8, 4) is 11.4 Å². The van der Waals surface area contributed by atoms with Crippen LogP contribution in [0.25, 0.3) is 17.0 Å². The van der Waals surface area contributed by atoms with Gasteiger partial charge in [-0.25, -0.2) is 13.8 Å². The molecule has 9 heteroatoms. The van der Waals surface area contributed by atoms with Gasteiger partial charge in [0, 0.05) is 23.9 Å². The molecule has 0 bridgehead atoms. The van der Waals surface area contributed by atoms with Gasteiger partial charge in [-0.2, -0.15) is 4.98 Å². The third-order valence-electron chi connectivity index (χ3n) is 5.21. The highest BCUT2D eigenvalue weighted by atomic mass is 19.3. The molecule has 3 aromatic heterocycles. The van der Waals surface area contributed by atoms with Gasteiger partial charge in [0.1, 0.15) is 17.3 Å². The van der Waals surface area contributed by atoms with Crippen LogP contribution in [0.15, 0.2) is 47.2 Å². The maximum absolute atomic E-state index is 13.2. The lowest BCUT2D eigenvalue weighted by Crippen LogP contribution is -2.15. The Bertz CT molecular complexity index is 1290. The molecule has 0 aliphatic heterocycles. The van der Waals surface area contributed by atoms with Crippen molar-refractivity contribution in [1.29, 1.82) is 0 Å². The van der Waals surface area contributed by atoms with Crippen LogP contribution < -0.4 is 5.32 Å². The van der Waals surface area contributed by atoms with Crippen molar-refractivity contribution < 1.29 is 18.1 Å². The Labute approximate surface area is 169 Å². The molecule has 0 saturated heterocycles. The molecule has 7 nitrogen and oxygen atoms in total. The number of rotatable bonds is 4. The molecule has 1 unspecified atom stereocenters. The fourth-order valence-corrected chi connectivity index (χ4v) is 3.31. The maximum atomic E-state index is 13.2. The summed E-state index contributed by atoms with van der Waals surface area (Å²) in [5, 5.41) is 6.69. The van der Waals surface area contributed by atoms with E-state index in [-0.39, 0.29) is 24.0 Å². The SMILES string of the molecule is Cc1ccn2c(C(=O)Nc3cc(-c4noc(C5CC5(F)F)n4)ccc3C)cnc2c1. The number of anilines is 1. The van der Waals surface area contributed by atoms with Crippen molar-refractivity contribution in [3.63, 3.8) is 0 Å². The molecule has 0 radical (unpaired) electrons. The van der Waals surface area contributed by atoms with Crippen molar-refractivity contribution in [2.24, 2.45) is 0 Å². The highest BCUT2D eigenvalue weighted by molar-refractivity contribution is 6.04. The lowest BCUT2D eigenvalue weighted by atomic mass is 10.1. The highest BCUT2D eigenvalue weighted by Crippen LogP contribution is 2.55. The lowest BCUT2D eigenvalue weighted by molar-refractivity contribution is 0.102. The molecule has 1 aliphatic carbocycles. The van der Waals surface area contributed by atoms with E-state index in [4.69, 9.17) is 4.52 Å². The number of amides is 1. The zero-order valence-corrected chi connectivity index (χ0v) is 16.2. The number of hydrogen-bond acceptors (Lipinski definition) is 5. The number of aromatic nitrogens is 4.